The van der Waals surface area contributed by atoms with E-state index in [9.17, 15) is 13.2 Å². The number of amides is 1. The van der Waals surface area contributed by atoms with E-state index >= 15 is 0 Å². The molecule has 1 fully saturated rings. The highest BCUT2D eigenvalue weighted by Gasteiger charge is 2.39. The van der Waals surface area contributed by atoms with Crippen LogP contribution in [0.25, 0.3) is 0 Å². The molecular weight excluding hydrogens is 296 g/mol. The Morgan fingerprint density at radius 2 is 2.29 bits per heavy atom. The molecule has 1 aromatic rings. The molecule has 2 heterocycles. The van der Waals surface area contributed by atoms with Crippen molar-refractivity contribution < 1.29 is 17.9 Å². The molecule has 1 aliphatic heterocycles. The summed E-state index contributed by atoms with van der Waals surface area (Å²) in [4.78, 5) is 12.3. The first-order chi connectivity index (χ1) is 9.84. The minimum absolute atomic E-state index is 0.0503. The Balaban J connectivity index is 2.30. The molecule has 8 nitrogen and oxygen atoms in total. The summed E-state index contributed by atoms with van der Waals surface area (Å²) in [5, 5.41) is 9.07. The van der Waals surface area contributed by atoms with Gasteiger partial charge in [0.2, 0.25) is 15.9 Å². The van der Waals surface area contributed by atoms with Crippen LogP contribution in [0.5, 0.6) is 0 Å². The maximum atomic E-state index is 12.7. The van der Waals surface area contributed by atoms with Gasteiger partial charge in [-0.05, 0) is 20.8 Å². The number of ether oxygens (including phenoxy) is 1. The maximum absolute atomic E-state index is 12.7. The quantitative estimate of drug-likeness (QED) is 0.789. The van der Waals surface area contributed by atoms with E-state index in [1.54, 1.807) is 6.92 Å². The molecule has 9 heteroatoms. The normalized spacial score (nSPS) is 20.7. The van der Waals surface area contributed by atoms with E-state index in [1.165, 1.54) is 10.5 Å². The third-order valence-electron chi connectivity index (χ3n) is 3.18. The molecule has 0 saturated carbocycles. The molecule has 118 valence electrons. The van der Waals surface area contributed by atoms with Crippen LogP contribution in [0.3, 0.4) is 0 Å². The largest absolute Gasteiger partial charge is 0.378 e. The first-order valence-electron chi connectivity index (χ1n) is 6.74. The molecule has 21 heavy (non-hydrogen) atoms. The number of carbonyl (C=O) groups excluding carboxylic acids is 1. The second kappa shape index (κ2) is 6.12. The molecule has 0 bridgehead atoms. The van der Waals surface area contributed by atoms with Gasteiger partial charge in [-0.25, -0.2) is 8.42 Å². The second-order valence-corrected chi connectivity index (χ2v) is 7.09. The van der Waals surface area contributed by atoms with Gasteiger partial charge >= 0.3 is 0 Å². The molecule has 0 aromatic carbocycles. The van der Waals surface area contributed by atoms with E-state index in [1.807, 2.05) is 13.8 Å². The predicted octanol–water partition coefficient (Wildman–Crippen LogP) is -0.368. The molecule has 1 aliphatic rings. The number of aromatic amines is 1. The Morgan fingerprint density at radius 3 is 2.86 bits per heavy atom. The summed E-state index contributed by atoms with van der Waals surface area (Å²) in [5.41, 5.74) is 0.449. The minimum Gasteiger partial charge on any atom is -0.378 e. The Morgan fingerprint density at radius 1 is 1.57 bits per heavy atom. The number of nitrogens with zero attached hydrogens (tertiary/aromatic N) is 2. The lowest BCUT2D eigenvalue weighted by molar-refractivity contribution is -0.129. The fourth-order valence-electron chi connectivity index (χ4n) is 2.19. The van der Waals surface area contributed by atoms with Crippen LogP contribution in [0, 0.1) is 6.92 Å². The molecule has 1 saturated heterocycles. The molecule has 1 atom stereocenters. The lowest BCUT2D eigenvalue weighted by Crippen LogP contribution is -2.56. The van der Waals surface area contributed by atoms with Crippen molar-refractivity contribution >= 4 is 15.9 Å². The van der Waals surface area contributed by atoms with Crippen LogP contribution < -0.4 is 5.32 Å². The molecule has 1 unspecified atom stereocenters. The number of aryl methyl sites for hydroxylation is 1. The number of nitrogens with one attached hydrogen (secondary N) is 2. The molecular formula is C12H20N4O4S. The zero-order valence-corrected chi connectivity index (χ0v) is 13.1. The van der Waals surface area contributed by atoms with Gasteiger partial charge in [0.05, 0.1) is 25.1 Å². The van der Waals surface area contributed by atoms with Crippen molar-refractivity contribution in [1.29, 1.82) is 0 Å². The first kappa shape index (κ1) is 15.9. The number of H-pyrrole nitrogens is 1. The molecule has 2 rings (SSSR count). The highest BCUT2D eigenvalue weighted by molar-refractivity contribution is 7.89. The number of morpholine rings is 1. The lowest BCUT2D eigenvalue weighted by atomic mass is 10.2. The van der Waals surface area contributed by atoms with Crippen molar-refractivity contribution in [2.75, 3.05) is 19.8 Å². The number of sulfonamides is 1. The van der Waals surface area contributed by atoms with E-state index in [0.29, 0.717) is 5.69 Å². The lowest BCUT2D eigenvalue weighted by Gasteiger charge is -2.33. The summed E-state index contributed by atoms with van der Waals surface area (Å²) in [6, 6.07) is -0.930. The van der Waals surface area contributed by atoms with Gasteiger partial charge in [0.25, 0.3) is 0 Å². The first-order valence-corrected chi connectivity index (χ1v) is 8.18. The monoisotopic (exact) mass is 316 g/mol. The van der Waals surface area contributed by atoms with Crippen molar-refractivity contribution in [2.24, 2.45) is 0 Å². The Labute approximate surface area is 123 Å². The van der Waals surface area contributed by atoms with Crippen molar-refractivity contribution in [2.45, 2.75) is 37.8 Å². The highest BCUT2D eigenvalue weighted by atomic mass is 32.2. The van der Waals surface area contributed by atoms with Crippen LogP contribution in [0.2, 0.25) is 0 Å². The van der Waals surface area contributed by atoms with Gasteiger partial charge in [-0.15, -0.1) is 0 Å². The van der Waals surface area contributed by atoms with Crippen molar-refractivity contribution in [1.82, 2.24) is 19.8 Å². The Hall–Kier alpha value is -1.45. The van der Waals surface area contributed by atoms with Crippen LogP contribution in [0.1, 0.15) is 19.5 Å². The van der Waals surface area contributed by atoms with Crippen molar-refractivity contribution in [3.63, 3.8) is 0 Å². The topological polar surface area (TPSA) is 104 Å². The number of hydrogen-bond donors (Lipinski definition) is 2. The van der Waals surface area contributed by atoms with Gasteiger partial charge in [0.1, 0.15) is 10.9 Å². The standard InChI is InChI=1S/C12H20N4O4S/c1-8(2)14-12(17)10-7-20-5-4-16(10)21(18,19)11-6-13-15-9(11)3/h6,8,10H,4-5,7H2,1-3H3,(H,13,15)(H,14,17). The molecule has 2 N–H and O–H groups in total. The van der Waals surface area contributed by atoms with E-state index in [4.69, 9.17) is 4.74 Å². The van der Waals surface area contributed by atoms with Crippen LogP contribution in [-0.2, 0) is 19.6 Å². The zero-order chi connectivity index (χ0) is 15.6. The van der Waals surface area contributed by atoms with Gasteiger partial charge in [-0.2, -0.15) is 9.40 Å². The van der Waals surface area contributed by atoms with Gasteiger partial charge in [0, 0.05) is 12.6 Å². The average Bonchev–Trinajstić information content (AvgIpc) is 2.85. The summed E-state index contributed by atoms with van der Waals surface area (Å²) >= 11 is 0. The zero-order valence-electron chi connectivity index (χ0n) is 12.3. The molecule has 1 aromatic heterocycles. The number of rotatable bonds is 4. The van der Waals surface area contributed by atoms with E-state index in [2.05, 4.69) is 15.5 Å². The van der Waals surface area contributed by atoms with Gasteiger partial charge in [0.15, 0.2) is 0 Å². The SMILES string of the molecule is Cc1[nH]ncc1S(=O)(=O)N1CCOCC1C(=O)NC(C)C. The summed E-state index contributed by atoms with van der Waals surface area (Å²) in [5.74, 6) is -0.352. The summed E-state index contributed by atoms with van der Waals surface area (Å²) in [6.45, 7) is 5.73. The molecule has 0 spiro atoms. The molecule has 0 radical (unpaired) electrons. The number of carbonyl (C=O) groups is 1. The number of aromatic nitrogens is 2. The van der Waals surface area contributed by atoms with Gasteiger partial charge < -0.3 is 10.1 Å². The van der Waals surface area contributed by atoms with Crippen LogP contribution in [0.4, 0.5) is 0 Å². The predicted molar refractivity (Wildman–Crippen MR) is 75.1 cm³/mol. The van der Waals surface area contributed by atoms with Crippen molar-refractivity contribution in [3.8, 4) is 0 Å². The smallest absolute Gasteiger partial charge is 0.247 e. The molecule has 0 aliphatic carbocycles. The van der Waals surface area contributed by atoms with E-state index in [0.717, 1.165) is 0 Å². The number of hydrogen-bond acceptors (Lipinski definition) is 5. The third-order valence-corrected chi connectivity index (χ3v) is 5.21. The summed E-state index contributed by atoms with van der Waals surface area (Å²) in [7, 11) is -3.78. The van der Waals surface area contributed by atoms with Gasteiger partial charge in [-0.3, -0.25) is 9.89 Å². The highest BCUT2D eigenvalue weighted by Crippen LogP contribution is 2.22. The van der Waals surface area contributed by atoms with Crippen LogP contribution >= 0.6 is 0 Å². The minimum atomic E-state index is -3.78. The van der Waals surface area contributed by atoms with Crippen molar-refractivity contribution in [3.05, 3.63) is 11.9 Å². The fraction of sp³-hybridized carbons (Fsp3) is 0.667. The van der Waals surface area contributed by atoms with E-state index in [-0.39, 0.29) is 36.6 Å². The Bertz CT molecular complexity index is 611. The average molecular weight is 316 g/mol. The summed E-state index contributed by atoms with van der Waals surface area (Å²) < 4.78 is 31.9. The Kier molecular flexibility index (Phi) is 4.64. The van der Waals surface area contributed by atoms with Crippen LogP contribution in [0.15, 0.2) is 11.1 Å². The fourth-order valence-corrected chi connectivity index (χ4v) is 3.87. The summed E-state index contributed by atoms with van der Waals surface area (Å²) in [6.07, 6.45) is 1.26. The van der Waals surface area contributed by atoms with E-state index < -0.39 is 16.1 Å². The second-order valence-electron chi connectivity index (χ2n) is 5.23. The third kappa shape index (κ3) is 3.25. The molecule has 1 amide bonds. The maximum Gasteiger partial charge on any atom is 0.247 e. The van der Waals surface area contributed by atoms with Crippen LogP contribution in [-0.4, -0.2) is 60.7 Å². The van der Waals surface area contributed by atoms with Gasteiger partial charge in [-0.1, -0.05) is 0 Å².